The second-order valence-corrected chi connectivity index (χ2v) is 5.07. The molecule has 0 bridgehead atoms. The van der Waals surface area contributed by atoms with Gasteiger partial charge in [-0.25, -0.2) is 4.79 Å². The van der Waals surface area contributed by atoms with Crippen molar-refractivity contribution in [2.45, 2.75) is 45.1 Å². The van der Waals surface area contributed by atoms with Gasteiger partial charge in [0.1, 0.15) is 5.60 Å². The number of hydrogen-bond donors (Lipinski definition) is 0. The van der Waals surface area contributed by atoms with E-state index in [0.717, 1.165) is 25.7 Å². The highest BCUT2D eigenvalue weighted by molar-refractivity contribution is 5.87. The smallest absolute Gasteiger partial charge is 0.333 e. The van der Waals surface area contributed by atoms with Crippen molar-refractivity contribution in [3.63, 3.8) is 0 Å². The van der Waals surface area contributed by atoms with Crippen LogP contribution in [0.15, 0.2) is 36.4 Å². The van der Waals surface area contributed by atoms with Crippen LogP contribution in [0.25, 0.3) is 0 Å². The summed E-state index contributed by atoms with van der Waals surface area (Å²) in [6.07, 6.45) is 3.75. The standard InChI is InChI=1S/C16H20O2/c1-4-10-16(18-15(17)12(2)3)11-9-13-7-5-6-8-14(13)16/h5-8H,2,4,9-11H2,1,3H3. The van der Waals surface area contributed by atoms with Crippen LogP contribution in [-0.2, 0) is 21.6 Å². The molecule has 0 fully saturated rings. The lowest BCUT2D eigenvalue weighted by molar-refractivity contribution is -0.157. The van der Waals surface area contributed by atoms with E-state index in [-0.39, 0.29) is 5.97 Å². The Morgan fingerprint density at radius 1 is 1.44 bits per heavy atom. The zero-order valence-electron chi connectivity index (χ0n) is 11.2. The molecule has 1 aliphatic rings. The van der Waals surface area contributed by atoms with Crippen LogP contribution in [0.2, 0.25) is 0 Å². The van der Waals surface area contributed by atoms with E-state index < -0.39 is 5.60 Å². The van der Waals surface area contributed by atoms with Gasteiger partial charge in [-0.05, 0) is 37.3 Å². The molecule has 1 aliphatic carbocycles. The van der Waals surface area contributed by atoms with E-state index in [1.54, 1.807) is 6.92 Å². The molecule has 0 aromatic heterocycles. The number of benzene rings is 1. The van der Waals surface area contributed by atoms with E-state index in [2.05, 4.69) is 25.6 Å². The molecule has 1 atom stereocenters. The fraction of sp³-hybridized carbons (Fsp3) is 0.438. The SMILES string of the molecule is C=C(C)C(=O)OC1(CCC)CCc2ccccc21. The molecule has 0 radical (unpaired) electrons. The first kappa shape index (κ1) is 12.9. The lowest BCUT2D eigenvalue weighted by atomic mass is 9.90. The highest BCUT2D eigenvalue weighted by Crippen LogP contribution is 2.43. The first-order valence-corrected chi connectivity index (χ1v) is 6.56. The Hall–Kier alpha value is -1.57. The number of fused-ring (bicyclic) bond motifs is 1. The van der Waals surface area contributed by atoms with Gasteiger partial charge >= 0.3 is 5.97 Å². The third kappa shape index (κ3) is 2.20. The molecule has 0 amide bonds. The summed E-state index contributed by atoms with van der Waals surface area (Å²) in [5.41, 5.74) is 2.53. The van der Waals surface area contributed by atoms with Crippen molar-refractivity contribution in [1.29, 1.82) is 0 Å². The Balaban J connectivity index is 2.35. The average molecular weight is 244 g/mol. The summed E-state index contributed by atoms with van der Waals surface area (Å²) in [7, 11) is 0. The van der Waals surface area contributed by atoms with Gasteiger partial charge in [-0.2, -0.15) is 0 Å². The van der Waals surface area contributed by atoms with Crippen LogP contribution in [0.1, 0.15) is 44.2 Å². The number of carbonyl (C=O) groups excluding carboxylic acids is 1. The molecule has 0 N–H and O–H groups in total. The van der Waals surface area contributed by atoms with E-state index >= 15 is 0 Å². The van der Waals surface area contributed by atoms with Crippen LogP contribution in [0.4, 0.5) is 0 Å². The van der Waals surface area contributed by atoms with Crippen LogP contribution >= 0.6 is 0 Å². The Bertz CT molecular complexity index is 472. The molecule has 1 unspecified atom stereocenters. The molecule has 2 nitrogen and oxygen atoms in total. The number of aryl methyl sites for hydroxylation is 1. The van der Waals surface area contributed by atoms with Gasteiger partial charge in [-0.15, -0.1) is 0 Å². The molecule has 0 heterocycles. The molecule has 1 aromatic carbocycles. The second kappa shape index (κ2) is 4.97. The predicted octanol–water partition coefficient (Wildman–Crippen LogP) is 3.75. The van der Waals surface area contributed by atoms with E-state index in [9.17, 15) is 4.79 Å². The second-order valence-electron chi connectivity index (χ2n) is 5.07. The Morgan fingerprint density at radius 2 is 2.17 bits per heavy atom. The third-order valence-electron chi connectivity index (χ3n) is 3.60. The molecule has 2 heteroatoms. The van der Waals surface area contributed by atoms with Crippen molar-refractivity contribution in [3.05, 3.63) is 47.5 Å². The summed E-state index contributed by atoms with van der Waals surface area (Å²) in [5, 5.41) is 0. The number of rotatable bonds is 4. The Kier molecular flexibility index (Phi) is 3.55. The topological polar surface area (TPSA) is 26.3 Å². The largest absolute Gasteiger partial charge is 0.451 e. The minimum Gasteiger partial charge on any atom is -0.451 e. The van der Waals surface area contributed by atoms with Gasteiger partial charge in [-0.3, -0.25) is 0 Å². The van der Waals surface area contributed by atoms with Gasteiger partial charge in [0.2, 0.25) is 0 Å². The van der Waals surface area contributed by atoms with Crippen LogP contribution in [0.3, 0.4) is 0 Å². The van der Waals surface area contributed by atoms with Gasteiger partial charge < -0.3 is 4.74 Å². The molecule has 2 rings (SSSR count). The zero-order valence-corrected chi connectivity index (χ0v) is 11.2. The summed E-state index contributed by atoms with van der Waals surface area (Å²) in [4.78, 5) is 11.9. The quantitative estimate of drug-likeness (QED) is 0.595. The van der Waals surface area contributed by atoms with E-state index in [4.69, 9.17) is 4.74 Å². The molecule has 18 heavy (non-hydrogen) atoms. The summed E-state index contributed by atoms with van der Waals surface area (Å²) in [6, 6.07) is 8.27. The van der Waals surface area contributed by atoms with Crippen LogP contribution < -0.4 is 0 Å². The third-order valence-corrected chi connectivity index (χ3v) is 3.60. The van der Waals surface area contributed by atoms with E-state index in [1.807, 2.05) is 12.1 Å². The van der Waals surface area contributed by atoms with Gasteiger partial charge in [0, 0.05) is 5.57 Å². The van der Waals surface area contributed by atoms with Crippen LogP contribution in [-0.4, -0.2) is 5.97 Å². The van der Waals surface area contributed by atoms with E-state index in [1.165, 1.54) is 11.1 Å². The summed E-state index contributed by atoms with van der Waals surface area (Å²) in [6.45, 7) is 7.49. The average Bonchev–Trinajstić information content (AvgIpc) is 2.69. The molecule has 1 aromatic rings. The normalized spacial score (nSPS) is 21.4. The molecular weight excluding hydrogens is 224 g/mol. The van der Waals surface area contributed by atoms with E-state index in [0.29, 0.717) is 5.57 Å². The van der Waals surface area contributed by atoms with Crippen molar-refractivity contribution >= 4 is 5.97 Å². The summed E-state index contributed by atoms with van der Waals surface area (Å²) >= 11 is 0. The monoisotopic (exact) mass is 244 g/mol. The van der Waals surface area contributed by atoms with Gasteiger partial charge in [0.25, 0.3) is 0 Å². The zero-order chi connectivity index (χ0) is 13.2. The van der Waals surface area contributed by atoms with Crippen LogP contribution in [0.5, 0.6) is 0 Å². The van der Waals surface area contributed by atoms with Crippen molar-refractivity contribution in [2.24, 2.45) is 0 Å². The molecule has 0 aliphatic heterocycles. The van der Waals surface area contributed by atoms with Gasteiger partial charge in [-0.1, -0.05) is 44.2 Å². The van der Waals surface area contributed by atoms with Crippen molar-refractivity contribution in [3.8, 4) is 0 Å². The first-order valence-electron chi connectivity index (χ1n) is 6.56. The molecule has 96 valence electrons. The Labute approximate surface area is 109 Å². The fourth-order valence-electron chi connectivity index (χ4n) is 2.74. The maximum Gasteiger partial charge on any atom is 0.333 e. The van der Waals surface area contributed by atoms with Crippen molar-refractivity contribution in [2.75, 3.05) is 0 Å². The summed E-state index contributed by atoms with van der Waals surface area (Å²) < 4.78 is 5.79. The van der Waals surface area contributed by atoms with Crippen LogP contribution in [0, 0.1) is 0 Å². The number of ether oxygens (including phenoxy) is 1. The Morgan fingerprint density at radius 3 is 2.83 bits per heavy atom. The number of carbonyl (C=O) groups is 1. The minimum atomic E-state index is -0.429. The highest BCUT2D eigenvalue weighted by Gasteiger charge is 2.41. The fourth-order valence-corrected chi connectivity index (χ4v) is 2.74. The predicted molar refractivity (Wildman–Crippen MR) is 72.3 cm³/mol. The number of esters is 1. The lowest BCUT2D eigenvalue weighted by Gasteiger charge is -2.30. The van der Waals surface area contributed by atoms with Crippen molar-refractivity contribution in [1.82, 2.24) is 0 Å². The maximum atomic E-state index is 11.9. The van der Waals surface area contributed by atoms with Gasteiger partial charge in [0.15, 0.2) is 0 Å². The molecule has 0 saturated heterocycles. The number of hydrogen-bond acceptors (Lipinski definition) is 2. The molecule has 0 spiro atoms. The molecular formula is C16H20O2. The van der Waals surface area contributed by atoms with Crippen molar-refractivity contribution < 1.29 is 9.53 Å². The molecule has 0 saturated carbocycles. The first-order chi connectivity index (χ1) is 8.59. The summed E-state index contributed by atoms with van der Waals surface area (Å²) in [5.74, 6) is -0.278. The minimum absolute atomic E-state index is 0.278. The maximum absolute atomic E-state index is 11.9. The van der Waals surface area contributed by atoms with Gasteiger partial charge in [0.05, 0.1) is 0 Å². The highest BCUT2D eigenvalue weighted by atomic mass is 16.6. The lowest BCUT2D eigenvalue weighted by Crippen LogP contribution is -2.30.